The molecular formula is C113H158ClN11O21W4-4. The first-order valence-corrected chi connectivity index (χ1v) is 46.9. The first kappa shape index (κ1) is 172. The predicted molar refractivity (Wildman–Crippen MR) is 593 cm³/mol. The van der Waals surface area contributed by atoms with Crippen molar-refractivity contribution < 1.29 is 186 Å². The maximum Gasteiger partial charge on any atom is 0.337 e. The second-order valence-corrected chi connectivity index (χ2v) is 23.5. The number of hydrogen-bond acceptors (Lipinski definition) is 24. The number of primary amides is 1. The van der Waals surface area contributed by atoms with Crippen molar-refractivity contribution in [2.45, 2.75) is 192 Å². The number of anilines is 2. The SMILES string of the molecule is CC.CC.CC.CC.CC.CC.CC.CC.CC.CC.CC.COC(=O)c1cccc(/C=N/O)c1.COC(=O)c1cccc(C=O)c1.COC(=O)c1cccc(CN)c1.COC(=O)c1cccc(CN[C-]=O)c1.Cc1ccccc1.Cl.NC(=O)c1ccccc1.NNc1cccc(CN[C-]=O)c1.Nc1cccc(CN[C-]=O)c1.O=C(O)c1ccccc1.O=C=NC(=O)c1ccccc1.O=[C-]NCc1cccc(C(=O)O)c1.[W].[W].[W].[W]. The van der Waals surface area contributed by atoms with Gasteiger partial charge in [0.25, 0.3) is 5.91 Å². The fourth-order valence-corrected chi connectivity index (χ4v) is 8.90. The molecule has 0 aromatic heterocycles. The number of carboxylic acids is 2. The minimum absolute atomic E-state index is 0. The van der Waals surface area contributed by atoms with E-state index in [4.69, 9.17) is 38.5 Å². The van der Waals surface area contributed by atoms with Gasteiger partial charge in [0.1, 0.15) is 6.29 Å². The third-order valence-electron chi connectivity index (χ3n) is 14.8. The molecule has 0 radical (unpaired) electrons. The summed E-state index contributed by atoms with van der Waals surface area (Å²) >= 11 is 0. The van der Waals surface area contributed by atoms with Crippen LogP contribution in [0.3, 0.4) is 0 Å². The summed E-state index contributed by atoms with van der Waals surface area (Å²) in [5, 5.41) is 37.7. The third-order valence-corrected chi connectivity index (χ3v) is 14.8. The Morgan fingerprint density at radius 1 is 0.353 bits per heavy atom. The molecule has 826 valence electrons. The van der Waals surface area contributed by atoms with Crippen LogP contribution in [0.1, 0.15) is 284 Å². The number of carboxylic acid groups (broad SMARTS) is 2. The van der Waals surface area contributed by atoms with E-state index in [0.29, 0.717) is 94.8 Å². The molecule has 11 rings (SSSR count). The Kier molecular flexibility index (Phi) is 153. The normalized spacial score (nSPS) is 7.95. The molecular weight excluding hydrogens is 2620 g/mol. The Morgan fingerprint density at radius 2 is 0.620 bits per heavy atom. The second kappa shape index (κ2) is 133. The number of isocyanates is 1. The monoisotopic (exact) mass is 2780 g/mol. The maximum atomic E-state index is 11.1. The van der Waals surface area contributed by atoms with Crippen molar-refractivity contribution in [1.29, 1.82) is 0 Å². The van der Waals surface area contributed by atoms with E-state index in [-0.39, 0.29) is 120 Å². The molecule has 0 aliphatic carbocycles. The standard InChI is InChI=1S/C10H10NO3.C9H9NO3.C9H8NO3.C9H11NO2.C9H8O3.C8H10N3O.C8H9N2O.C8H5NO2.C7H7NO.C7H6O2.C7H8.11C2H6.ClH.4W/c1-14-10(13)9-4-2-3-8(5-9)6-11-7-12;1-13-9(11)8-4-2-3-7(5-8)6-10-12;11-6-10-5-7-2-1-3-8(4-7)9(12)13;2*1-12-9(11)8-4-2-3-7(5-8)6-10;9-11-8-3-1-2-7(4-8)5-10-6-12;9-8-3-1-2-7(4-8)5-10-6-11;10-6-9-8(11)7-4-2-1-3-5-7;2*8-7(9)6-4-2-1-3-5-6;1-7-5-3-2-4-6-7;11*1-2;;;;;/h2-5H,6H2,1H3,(H,11,12);2-6,12H,1H3;1-4H,5H2,(H,10,11)(H,12,13);2-5H,6,10H2,1H3;2-6H,1H3;1-4,11H,5,9H2,(H,10,12);1-4H,5,9H2,(H,10,11);1-5H;1-5H,(H2,8,9);1-5H,(H,8,9);2-6H,1H3;11*1-2H3;1H;;;;/q-1;;-1;;;2*-1;;;;;;;;;;;;;;;;;;;;/b;10-6+;;;;;;;;;;;;;;;;;;;;;;;;;. The summed E-state index contributed by atoms with van der Waals surface area (Å²) in [6, 6.07) is 83.7. The summed E-state index contributed by atoms with van der Waals surface area (Å²) in [4.78, 5) is 148. The number of amides is 6. The fraction of sp³-hybridized carbons (Fsp3) is 0.283. The number of aromatic carboxylic acids is 2. The molecule has 37 heteroatoms. The van der Waals surface area contributed by atoms with Gasteiger partial charge in [-0.2, -0.15) is 25.6 Å². The number of hydrazine groups is 1. The number of nitrogen functional groups attached to an aromatic ring is 2. The van der Waals surface area contributed by atoms with Crippen molar-refractivity contribution in [1.82, 2.24) is 21.3 Å². The van der Waals surface area contributed by atoms with Crippen molar-refractivity contribution >= 4 is 116 Å². The number of benzene rings is 11. The number of carbonyl (C=O) groups excluding carboxylic acids is 12. The molecule has 16 N–H and O–H groups in total. The molecule has 150 heavy (non-hydrogen) atoms. The Labute approximate surface area is 954 Å². The molecule has 0 heterocycles. The smallest absolute Gasteiger partial charge is 0.337 e. The minimum atomic E-state index is -0.975. The molecule has 0 spiro atoms. The van der Waals surface area contributed by atoms with Crippen LogP contribution < -0.4 is 49.7 Å². The Hall–Kier alpha value is -13.7. The van der Waals surface area contributed by atoms with Crippen LogP contribution in [0.25, 0.3) is 0 Å². The van der Waals surface area contributed by atoms with Crippen molar-refractivity contribution in [2.24, 2.45) is 27.5 Å². The number of aldehydes is 1. The minimum Gasteiger partial charge on any atom is -0.526 e. The van der Waals surface area contributed by atoms with E-state index in [9.17, 15) is 67.1 Å². The van der Waals surface area contributed by atoms with Crippen molar-refractivity contribution in [3.05, 3.63) is 380 Å². The quantitative estimate of drug-likeness (QED) is 0.00228. The Morgan fingerprint density at radius 3 is 0.900 bits per heavy atom. The summed E-state index contributed by atoms with van der Waals surface area (Å²) in [5.74, 6) is 0.855. The van der Waals surface area contributed by atoms with Gasteiger partial charge in [0.05, 0.1) is 68.0 Å². The Balaban J connectivity index is -0.0000000922. The molecule has 32 nitrogen and oxygen atoms in total. The van der Waals surface area contributed by atoms with Crippen LogP contribution in [0.4, 0.5) is 11.4 Å². The number of aliphatic imine (C=N–C) groups is 1. The number of esters is 4. The number of rotatable bonds is 24. The zero-order valence-electron chi connectivity index (χ0n) is 91.3. The van der Waals surface area contributed by atoms with Gasteiger partial charge in [0.2, 0.25) is 12.0 Å². The molecule has 6 amide bonds. The molecule has 0 aliphatic heterocycles. The van der Waals surface area contributed by atoms with Crippen LogP contribution in [0.15, 0.2) is 301 Å². The number of halogens is 1. The van der Waals surface area contributed by atoms with E-state index < -0.39 is 29.8 Å². The van der Waals surface area contributed by atoms with E-state index in [1.54, 1.807) is 207 Å². The van der Waals surface area contributed by atoms with E-state index in [1.165, 1.54) is 70.9 Å². The molecule has 11 aromatic rings. The van der Waals surface area contributed by atoms with Gasteiger partial charge in [-0.15, -0.1) is 17.4 Å². The van der Waals surface area contributed by atoms with Crippen LogP contribution in [0, 0.1) is 6.92 Å². The van der Waals surface area contributed by atoms with E-state index >= 15 is 0 Å². The summed E-state index contributed by atoms with van der Waals surface area (Å²) in [6.45, 7) is 48.1. The number of nitrogens with zero attached hydrogens (tertiary/aromatic N) is 2. The molecule has 0 saturated heterocycles. The number of hydrogen-bond donors (Lipinski definition) is 12. The molecule has 0 unspecified atom stereocenters. The molecule has 0 fully saturated rings. The largest absolute Gasteiger partial charge is 0.526 e. The van der Waals surface area contributed by atoms with Crippen LogP contribution in [-0.2, 0) is 160 Å². The molecule has 0 atom stereocenters. The number of oxime groups is 1. The average molecular weight is 2780 g/mol. The van der Waals surface area contributed by atoms with Crippen LogP contribution in [-0.4, -0.2) is 136 Å². The van der Waals surface area contributed by atoms with Gasteiger partial charge in [-0.1, -0.05) is 333 Å². The summed E-state index contributed by atoms with van der Waals surface area (Å²) in [7, 11) is 5.30. The Bertz CT molecular complexity index is 5110. The number of ether oxygens (including phenoxy) is 4. The van der Waals surface area contributed by atoms with E-state index in [1.807, 2.05) is 225 Å². The summed E-state index contributed by atoms with van der Waals surface area (Å²) in [6.07, 6.45) is 9.40. The first-order chi connectivity index (χ1) is 70.4. The number of carbonyl (C=O) groups is 9. The van der Waals surface area contributed by atoms with Gasteiger partial charge in [0, 0.05) is 145 Å². The number of nitrogens with two attached hydrogens (primary N) is 4. The van der Waals surface area contributed by atoms with E-state index in [2.05, 4.69) is 74.8 Å². The first-order valence-electron chi connectivity index (χ1n) is 46.9. The number of nitrogens with one attached hydrogen (secondary N) is 5. The predicted octanol–water partition coefficient (Wildman–Crippen LogP) is 22.3. The topological polar surface area (TPSA) is 526 Å². The van der Waals surface area contributed by atoms with Gasteiger partial charge in [0.15, 0.2) is 0 Å². The van der Waals surface area contributed by atoms with Crippen LogP contribution in [0.5, 0.6) is 0 Å². The van der Waals surface area contributed by atoms with Gasteiger partial charge >= 0.3 is 35.8 Å². The average Bonchev–Trinajstić information content (AvgIpc) is 0.899. The van der Waals surface area contributed by atoms with E-state index in [0.717, 1.165) is 33.5 Å². The van der Waals surface area contributed by atoms with Crippen molar-refractivity contribution in [3.63, 3.8) is 0 Å². The van der Waals surface area contributed by atoms with Gasteiger partial charge in [-0.05, 0) is 162 Å². The zero-order chi connectivity index (χ0) is 113. The van der Waals surface area contributed by atoms with Crippen molar-refractivity contribution in [3.8, 4) is 0 Å². The molecule has 0 bridgehead atoms. The molecule has 0 aliphatic rings. The van der Waals surface area contributed by atoms with Gasteiger partial charge in [-0.3, -0.25) is 20.2 Å². The third kappa shape index (κ3) is 97.7. The van der Waals surface area contributed by atoms with Gasteiger partial charge in [-0.25, -0.2) is 33.6 Å². The van der Waals surface area contributed by atoms with Gasteiger partial charge < -0.3 is 97.4 Å². The van der Waals surface area contributed by atoms with Crippen molar-refractivity contribution in [2.75, 3.05) is 39.6 Å². The number of aryl methyl sites for hydroxylation is 1. The summed E-state index contributed by atoms with van der Waals surface area (Å²) in [5.41, 5.74) is 30.2. The second-order valence-electron chi connectivity index (χ2n) is 23.5. The molecule has 11 aromatic carbocycles. The fourth-order valence-electron chi connectivity index (χ4n) is 8.90. The molecule has 0 saturated carbocycles. The zero-order valence-corrected chi connectivity index (χ0v) is 104. The maximum absolute atomic E-state index is 11.1. The number of methoxy groups -OCH3 is 4. The van der Waals surface area contributed by atoms with Crippen LogP contribution in [0.2, 0.25) is 0 Å². The van der Waals surface area contributed by atoms with Crippen LogP contribution >= 0.6 is 12.4 Å². The summed E-state index contributed by atoms with van der Waals surface area (Å²) < 4.78 is 18.1.